The van der Waals surface area contributed by atoms with Crippen LogP contribution in [0.15, 0.2) is 48.5 Å². The molecular formula is C17H15FN2OS. The van der Waals surface area contributed by atoms with E-state index in [1.807, 2.05) is 49.3 Å². The number of hydrogen-bond donors (Lipinski definition) is 1. The van der Waals surface area contributed by atoms with Crippen LogP contribution in [0.2, 0.25) is 0 Å². The lowest BCUT2D eigenvalue weighted by Gasteiger charge is -2.17. The fourth-order valence-electron chi connectivity index (χ4n) is 2.29. The number of carbonyl (C=O) groups is 1. The van der Waals surface area contributed by atoms with Crippen LogP contribution in [0.3, 0.4) is 0 Å². The Kier molecular flexibility index (Phi) is 3.81. The third-order valence-electron chi connectivity index (χ3n) is 3.37. The maximum Gasteiger partial charge on any atom is 0.265 e. The van der Waals surface area contributed by atoms with Crippen molar-refractivity contribution in [1.82, 2.24) is 0 Å². The summed E-state index contributed by atoms with van der Waals surface area (Å²) in [6, 6.07) is 14.0. The number of nitrogens with one attached hydrogen (secondary N) is 1. The monoisotopic (exact) mass is 314 g/mol. The summed E-state index contributed by atoms with van der Waals surface area (Å²) in [7, 11) is 3.83. The van der Waals surface area contributed by atoms with Crippen LogP contribution >= 0.6 is 11.3 Å². The third-order valence-corrected chi connectivity index (χ3v) is 4.47. The SMILES string of the molecule is CN(C)c1ccccc1NC(=O)c1cc2c(F)cccc2s1. The molecule has 1 amide bonds. The quantitative estimate of drug-likeness (QED) is 0.779. The smallest absolute Gasteiger partial charge is 0.265 e. The third kappa shape index (κ3) is 2.67. The maximum atomic E-state index is 13.7. The van der Waals surface area contributed by atoms with Crippen LogP contribution in [0, 0.1) is 5.82 Å². The number of rotatable bonds is 3. The number of fused-ring (bicyclic) bond motifs is 1. The molecule has 2 aromatic carbocycles. The summed E-state index contributed by atoms with van der Waals surface area (Å²) in [5.74, 6) is -0.531. The molecule has 0 radical (unpaired) electrons. The van der Waals surface area contributed by atoms with E-state index in [1.54, 1.807) is 12.1 Å². The first-order valence-electron chi connectivity index (χ1n) is 6.82. The molecule has 3 nitrogen and oxygen atoms in total. The van der Waals surface area contributed by atoms with Crippen molar-refractivity contribution in [2.24, 2.45) is 0 Å². The maximum absolute atomic E-state index is 13.7. The highest BCUT2D eigenvalue weighted by atomic mass is 32.1. The molecule has 0 spiro atoms. The highest BCUT2D eigenvalue weighted by Gasteiger charge is 2.14. The molecule has 0 unspecified atom stereocenters. The molecule has 1 N–H and O–H groups in total. The van der Waals surface area contributed by atoms with Crippen molar-refractivity contribution in [2.45, 2.75) is 0 Å². The van der Waals surface area contributed by atoms with Crippen LogP contribution in [-0.4, -0.2) is 20.0 Å². The van der Waals surface area contributed by atoms with Gasteiger partial charge in [0, 0.05) is 24.2 Å². The van der Waals surface area contributed by atoms with Crippen molar-refractivity contribution < 1.29 is 9.18 Å². The number of halogens is 1. The van der Waals surface area contributed by atoms with Gasteiger partial charge in [0.05, 0.1) is 16.3 Å². The fraction of sp³-hybridized carbons (Fsp3) is 0.118. The molecule has 3 aromatic rings. The number of amides is 1. The minimum Gasteiger partial charge on any atom is -0.376 e. The lowest BCUT2D eigenvalue weighted by Crippen LogP contribution is -2.15. The van der Waals surface area contributed by atoms with Gasteiger partial charge in [-0.1, -0.05) is 18.2 Å². The molecule has 22 heavy (non-hydrogen) atoms. The number of benzene rings is 2. The van der Waals surface area contributed by atoms with Crippen LogP contribution in [0.25, 0.3) is 10.1 Å². The average molecular weight is 314 g/mol. The van der Waals surface area contributed by atoms with Gasteiger partial charge in [-0.3, -0.25) is 4.79 Å². The Hall–Kier alpha value is -2.40. The van der Waals surface area contributed by atoms with Crippen LogP contribution < -0.4 is 10.2 Å². The number of thiophene rings is 1. The van der Waals surface area contributed by atoms with Crippen LogP contribution in [-0.2, 0) is 0 Å². The van der Waals surface area contributed by atoms with Crippen molar-refractivity contribution in [2.75, 3.05) is 24.3 Å². The second-order valence-electron chi connectivity index (χ2n) is 5.13. The van der Waals surface area contributed by atoms with Gasteiger partial charge >= 0.3 is 0 Å². The normalized spacial score (nSPS) is 10.7. The van der Waals surface area contributed by atoms with Crippen molar-refractivity contribution in [3.8, 4) is 0 Å². The van der Waals surface area contributed by atoms with E-state index in [9.17, 15) is 9.18 Å². The molecule has 0 atom stereocenters. The van der Waals surface area contributed by atoms with E-state index in [0.29, 0.717) is 10.3 Å². The minimum absolute atomic E-state index is 0.227. The van der Waals surface area contributed by atoms with Gasteiger partial charge < -0.3 is 10.2 Å². The zero-order chi connectivity index (χ0) is 15.7. The standard InChI is InChI=1S/C17H15FN2OS/c1-20(2)14-8-4-3-7-13(14)19-17(21)16-10-11-12(18)6-5-9-15(11)22-16/h3-10H,1-2H3,(H,19,21). The van der Waals surface area contributed by atoms with Crippen LogP contribution in [0.5, 0.6) is 0 Å². The first-order valence-corrected chi connectivity index (χ1v) is 7.63. The molecular weight excluding hydrogens is 299 g/mol. The van der Waals surface area contributed by atoms with Gasteiger partial charge in [0.2, 0.25) is 0 Å². The molecule has 0 saturated carbocycles. The number of para-hydroxylation sites is 2. The van der Waals surface area contributed by atoms with E-state index in [4.69, 9.17) is 0 Å². The van der Waals surface area contributed by atoms with E-state index in [0.717, 1.165) is 16.1 Å². The van der Waals surface area contributed by atoms with Crippen LogP contribution in [0.4, 0.5) is 15.8 Å². The first kappa shape index (κ1) is 14.5. The predicted molar refractivity (Wildman–Crippen MR) is 90.5 cm³/mol. The molecule has 0 fully saturated rings. The molecule has 3 rings (SSSR count). The molecule has 0 aliphatic carbocycles. The molecule has 5 heteroatoms. The lowest BCUT2D eigenvalue weighted by atomic mass is 10.2. The summed E-state index contributed by atoms with van der Waals surface area (Å²) in [5.41, 5.74) is 1.65. The van der Waals surface area contributed by atoms with Crippen molar-refractivity contribution in [1.29, 1.82) is 0 Å². The lowest BCUT2D eigenvalue weighted by molar-refractivity contribution is 0.103. The molecule has 0 aliphatic heterocycles. The molecule has 112 valence electrons. The van der Waals surface area contributed by atoms with Gasteiger partial charge in [0.1, 0.15) is 5.82 Å². The Morgan fingerprint density at radius 1 is 1.14 bits per heavy atom. The Labute approximate surface area is 132 Å². The van der Waals surface area contributed by atoms with Gasteiger partial charge in [-0.15, -0.1) is 11.3 Å². The van der Waals surface area contributed by atoms with Crippen LogP contribution in [0.1, 0.15) is 9.67 Å². The fourth-order valence-corrected chi connectivity index (χ4v) is 3.26. The summed E-state index contributed by atoms with van der Waals surface area (Å²) >= 11 is 1.29. The van der Waals surface area contributed by atoms with Gasteiger partial charge in [-0.25, -0.2) is 4.39 Å². The highest BCUT2D eigenvalue weighted by Crippen LogP contribution is 2.29. The average Bonchev–Trinajstić information content (AvgIpc) is 2.93. The topological polar surface area (TPSA) is 32.3 Å². The molecule has 0 aliphatic rings. The van der Waals surface area contributed by atoms with Gasteiger partial charge in [-0.05, 0) is 30.3 Å². The van der Waals surface area contributed by atoms with E-state index >= 15 is 0 Å². The summed E-state index contributed by atoms with van der Waals surface area (Å²) in [6.07, 6.45) is 0. The predicted octanol–water partition coefficient (Wildman–Crippen LogP) is 4.36. The van der Waals surface area contributed by atoms with E-state index in [-0.39, 0.29) is 11.7 Å². The second kappa shape index (κ2) is 5.77. The summed E-state index contributed by atoms with van der Waals surface area (Å²) in [5, 5.41) is 3.38. The van der Waals surface area contributed by atoms with E-state index in [2.05, 4.69) is 5.32 Å². The van der Waals surface area contributed by atoms with Gasteiger partial charge in [-0.2, -0.15) is 0 Å². The zero-order valence-corrected chi connectivity index (χ0v) is 13.1. The minimum atomic E-state index is -0.304. The second-order valence-corrected chi connectivity index (χ2v) is 6.21. The van der Waals surface area contributed by atoms with E-state index in [1.165, 1.54) is 17.4 Å². The van der Waals surface area contributed by atoms with Crippen molar-refractivity contribution >= 4 is 38.7 Å². The molecule has 0 saturated heterocycles. The first-order chi connectivity index (χ1) is 10.6. The van der Waals surface area contributed by atoms with Gasteiger partial charge in [0.15, 0.2) is 0 Å². The van der Waals surface area contributed by atoms with E-state index < -0.39 is 0 Å². The van der Waals surface area contributed by atoms with Crippen molar-refractivity contribution in [3.05, 3.63) is 59.2 Å². The number of hydrogen-bond acceptors (Lipinski definition) is 3. The molecule has 1 heterocycles. The Morgan fingerprint density at radius 3 is 2.64 bits per heavy atom. The van der Waals surface area contributed by atoms with Crippen molar-refractivity contribution in [3.63, 3.8) is 0 Å². The largest absolute Gasteiger partial charge is 0.376 e. The Bertz CT molecular complexity index is 842. The molecule has 1 aromatic heterocycles. The number of anilines is 2. The molecule has 0 bridgehead atoms. The van der Waals surface area contributed by atoms with Gasteiger partial charge in [0.25, 0.3) is 5.91 Å². The Balaban J connectivity index is 1.92. The zero-order valence-electron chi connectivity index (χ0n) is 12.3. The Morgan fingerprint density at radius 2 is 1.91 bits per heavy atom. The number of carbonyl (C=O) groups excluding carboxylic acids is 1. The number of nitrogens with zero attached hydrogens (tertiary/aromatic N) is 1. The summed E-state index contributed by atoms with van der Waals surface area (Å²) in [4.78, 5) is 14.9. The summed E-state index contributed by atoms with van der Waals surface area (Å²) in [6.45, 7) is 0. The highest BCUT2D eigenvalue weighted by molar-refractivity contribution is 7.20. The summed E-state index contributed by atoms with van der Waals surface area (Å²) < 4.78 is 14.5.